The molecule has 1 aromatic heterocycles. The Bertz CT molecular complexity index is 883. The van der Waals surface area contributed by atoms with Gasteiger partial charge in [-0.25, -0.2) is 4.98 Å². The van der Waals surface area contributed by atoms with Crippen LogP contribution in [0.25, 0.3) is 0 Å². The number of aryl methyl sites for hydroxylation is 1. The zero-order valence-electron chi connectivity index (χ0n) is 15.8. The number of amides is 2. The molecule has 0 saturated carbocycles. The molecule has 2 amide bonds. The third-order valence-electron chi connectivity index (χ3n) is 5.39. The predicted octanol–water partition coefficient (Wildman–Crippen LogP) is 1.11. The van der Waals surface area contributed by atoms with Crippen LogP contribution in [0.15, 0.2) is 30.6 Å². The van der Waals surface area contributed by atoms with E-state index in [9.17, 15) is 9.59 Å². The normalized spacial score (nSPS) is 20.6. The second-order valence-corrected chi connectivity index (χ2v) is 7.35. The predicted molar refractivity (Wildman–Crippen MR) is 96.8 cm³/mol. The van der Waals surface area contributed by atoms with Crippen molar-refractivity contribution in [1.29, 1.82) is 0 Å². The molecule has 1 spiro atoms. The van der Waals surface area contributed by atoms with Crippen molar-refractivity contribution in [3.05, 3.63) is 47.5 Å². The summed E-state index contributed by atoms with van der Waals surface area (Å²) in [6.45, 7) is 1.07. The fourth-order valence-corrected chi connectivity index (χ4v) is 3.95. The van der Waals surface area contributed by atoms with E-state index in [-0.39, 0.29) is 17.6 Å². The summed E-state index contributed by atoms with van der Waals surface area (Å²) >= 11 is 0. The maximum Gasteiger partial charge on any atom is 0.293 e. The molecule has 0 radical (unpaired) electrons. The Kier molecular flexibility index (Phi) is 4.22. The van der Waals surface area contributed by atoms with Crippen LogP contribution in [0.1, 0.15) is 40.7 Å². The van der Waals surface area contributed by atoms with E-state index in [1.165, 1.54) is 11.0 Å². The number of ether oxygens (including phenoxy) is 1. The number of hydrogen-bond donors (Lipinski definition) is 0. The SMILES string of the molecule is CN(C)C(=O)C1OC2(CCN(C(=O)c3ncn(C)n3)CC2)c2ccccc21. The van der Waals surface area contributed by atoms with E-state index in [1.807, 2.05) is 24.3 Å². The van der Waals surface area contributed by atoms with Crippen LogP contribution in [-0.4, -0.2) is 63.6 Å². The van der Waals surface area contributed by atoms with E-state index in [1.54, 1.807) is 30.9 Å². The van der Waals surface area contributed by atoms with Crippen LogP contribution in [0, 0.1) is 0 Å². The number of fused-ring (bicyclic) bond motifs is 2. The molecule has 2 aliphatic heterocycles. The molecule has 1 fully saturated rings. The van der Waals surface area contributed by atoms with Gasteiger partial charge in [0.05, 0.1) is 5.60 Å². The van der Waals surface area contributed by atoms with Gasteiger partial charge in [0.2, 0.25) is 5.82 Å². The highest BCUT2D eigenvalue weighted by atomic mass is 16.5. The van der Waals surface area contributed by atoms with Crippen molar-refractivity contribution < 1.29 is 14.3 Å². The first-order valence-corrected chi connectivity index (χ1v) is 9.04. The van der Waals surface area contributed by atoms with Gasteiger partial charge < -0.3 is 14.5 Å². The molecule has 27 heavy (non-hydrogen) atoms. The summed E-state index contributed by atoms with van der Waals surface area (Å²) in [5.74, 6) is -0.0185. The summed E-state index contributed by atoms with van der Waals surface area (Å²) in [7, 11) is 5.21. The van der Waals surface area contributed by atoms with Crippen molar-refractivity contribution in [2.24, 2.45) is 7.05 Å². The van der Waals surface area contributed by atoms with Crippen LogP contribution in [0.4, 0.5) is 0 Å². The lowest BCUT2D eigenvalue weighted by Gasteiger charge is -2.39. The lowest BCUT2D eigenvalue weighted by molar-refractivity contribution is -0.157. The van der Waals surface area contributed by atoms with Gasteiger partial charge in [-0.15, -0.1) is 5.10 Å². The number of carbonyl (C=O) groups is 2. The third kappa shape index (κ3) is 2.90. The molecular formula is C19H23N5O3. The Balaban J connectivity index is 1.55. The van der Waals surface area contributed by atoms with Crippen molar-refractivity contribution in [3.63, 3.8) is 0 Å². The number of benzene rings is 1. The molecule has 0 bridgehead atoms. The molecule has 142 valence electrons. The van der Waals surface area contributed by atoms with Crippen LogP contribution in [0.5, 0.6) is 0 Å². The lowest BCUT2D eigenvalue weighted by Crippen LogP contribution is -2.46. The molecule has 8 heteroatoms. The summed E-state index contributed by atoms with van der Waals surface area (Å²) in [6.07, 6.45) is 2.21. The summed E-state index contributed by atoms with van der Waals surface area (Å²) in [6, 6.07) is 7.91. The van der Waals surface area contributed by atoms with Crippen molar-refractivity contribution >= 4 is 11.8 Å². The van der Waals surface area contributed by atoms with Crippen molar-refractivity contribution in [1.82, 2.24) is 24.6 Å². The summed E-state index contributed by atoms with van der Waals surface area (Å²) < 4.78 is 7.88. The number of nitrogens with zero attached hydrogens (tertiary/aromatic N) is 5. The number of aromatic nitrogens is 3. The quantitative estimate of drug-likeness (QED) is 0.792. The highest BCUT2D eigenvalue weighted by Crippen LogP contribution is 2.49. The average Bonchev–Trinajstić information content (AvgIpc) is 3.24. The monoisotopic (exact) mass is 369 g/mol. The van der Waals surface area contributed by atoms with Gasteiger partial charge in [0, 0.05) is 34.2 Å². The van der Waals surface area contributed by atoms with Crippen molar-refractivity contribution in [2.75, 3.05) is 27.2 Å². The van der Waals surface area contributed by atoms with Gasteiger partial charge in [-0.05, 0) is 24.0 Å². The van der Waals surface area contributed by atoms with Gasteiger partial charge in [-0.3, -0.25) is 14.3 Å². The molecule has 2 aromatic rings. The zero-order chi connectivity index (χ0) is 19.2. The molecule has 1 atom stereocenters. The van der Waals surface area contributed by atoms with Gasteiger partial charge in [0.15, 0.2) is 6.10 Å². The molecule has 1 saturated heterocycles. The third-order valence-corrected chi connectivity index (χ3v) is 5.39. The van der Waals surface area contributed by atoms with E-state index in [0.717, 1.165) is 11.1 Å². The average molecular weight is 369 g/mol. The maximum absolute atomic E-state index is 12.6. The zero-order valence-corrected chi connectivity index (χ0v) is 15.8. The Hall–Kier alpha value is -2.74. The summed E-state index contributed by atoms with van der Waals surface area (Å²) in [5, 5.41) is 4.10. The van der Waals surface area contributed by atoms with E-state index >= 15 is 0 Å². The standard InChI is InChI=1S/C19H23N5O3/c1-22(2)17(25)15-13-6-4-5-7-14(13)19(27-15)8-10-24(11-9-19)18(26)16-20-12-23(3)21-16/h4-7,12,15H,8-11H2,1-3H3. The topological polar surface area (TPSA) is 80.6 Å². The first kappa shape index (κ1) is 17.7. The first-order valence-electron chi connectivity index (χ1n) is 9.04. The molecular weight excluding hydrogens is 346 g/mol. The largest absolute Gasteiger partial charge is 0.352 e. The number of piperidine rings is 1. The van der Waals surface area contributed by atoms with Gasteiger partial charge in [-0.1, -0.05) is 24.3 Å². The second-order valence-electron chi connectivity index (χ2n) is 7.35. The number of likely N-dealkylation sites (tertiary alicyclic amines) is 1. The molecule has 0 N–H and O–H groups in total. The molecule has 3 heterocycles. The Labute approximate surface area is 157 Å². The van der Waals surface area contributed by atoms with Gasteiger partial charge in [0.25, 0.3) is 11.8 Å². The highest BCUT2D eigenvalue weighted by Gasteiger charge is 2.49. The number of hydrogen-bond acceptors (Lipinski definition) is 5. The molecule has 1 unspecified atom stereocenters. The minimum absolute atomic E-state index is 0.0597. The minimum Gasteiger partial charge on any atom is -0.352 e. The lowest BCUT2D eigenvalue weighted by atomic mass is 9.83. The second kappa shape index (κ2) is 6.45. The molecule has 2 aliphatic rings. The summed E-state index contributed by atoms with van der Waals surface area (Å²) in [5.41, 5.74) is 1.47. The Morgan fingerprint density at radius 2 is 1.93 bits per heavy atom. The Morgan fingerprint density at radius 3 is 2.56 bits per heavy atom. The Morgan fingerprint density at radius 1 is 1.22 bits per heavy atom. The molecule has 8 nitrogen and oxygen atoms in total. The van der Waals surface area contributed by atoms with Gasteiger partial charge >= 0.3 is 0 Å². The van der Waals surface area contributed by atoms with Crippen LogP contribution in [-0.2, 0) is 22.2 Å². The minimum atomic E-state index is -0.587. The summed E-state index contributed by atoms with van der Waals surface area (Å²) in [4.78, 5) is 32.6. The van der Waals surface area contributed by atoms with E-state index in [0.29, 0.717) is 25.9 Å². The number of carbonyl (C=O) groups excluding carboxylic acids is 2. The van der Waals surface area contributed by atoms with E-state index in [2.05, 4.69) is 10.1 Å². The molecule has 1 aromatic carbocycles. The van der Waals surface area contributed by atoms with E-state index in [4.69, 9.17) is 4.74 Å². The van der Waals surface area contributed by atoms with E-state index < -0.39 is 11.7 Å². The van der Waals surface area contributed by atoms with Crippen LogP contribution < -0.4 is 0 Å². The van der Waals surface area contributed by atoms with Crippen LogP contribution in [0.3, 0.4) is 0 Å². The van der Waals surface area contributed by atoms with Crippen molar-refractivity contribution in [2.45, 2.75) is 24.5 Å². The number of rotatable bonds is 2. The fourth-order valence-electron chi connectivity index (χ4n) is 3.95. The highest BCUT2D eigenvalue weighted by molar-refractivity contribution is 5.90. The number of likely N-dealkylation sites (N-methyl/N-ethyl adjacent to an activating group) is 1. The van der Waals surface area contributed by atoms with Gasteiger partial charge in [0.1, 0.15) is 6.33 Å². The molecule has 4 rings (SSSR count). The molecule has 0 aliphatic carbocycles. The smallest absolute Gasteiger partial charge is 0.293 e. The van der Waals surface area contributed by atoms with Crippen molar-refractivity contribution in [3.8, 4) is 0 Å². The van der Waals surface area contributed by atoms with Gasteiger partial charge in [-0.2, -0.15) is 0 Å². The fraction of sp³-hybridized carbons (Fsp3) is 0.474. The van der Waals surface area contributed by atoms with Crippen LogP contribution in [0.2, 0.25) is 0 Å². The van der Waals surface area contributed by atoms with Crippen LogP contribution >= 0.6 is 0 Å². The first-order chi connectivity index (χ1) is 12.9. The maximum atomic E-state index is 12.6.